The summed E-state index contributed by atoms with van der Waals surface area (Å²) in [5.41, 5.74) is 9.98. The lowest BCUT2D eigenvalue weighted by Crippen LogP contribution is -2.58. The molecule has 0 N–H and O–H groups in total. The second-order valence-electron chi connectivity index (χ2n) is 16.1. The number of benzene rings is 6. The quantitative estimate of drug-likeness (QED) is 0.180. The Kier molecular flexibility index (Phi) is 7.07. The van der Waals surface area contributed by atoms with Crippen molar-refractivity contribution in [3.05, 3.63) is 198 Å². The van der Waals surface area contributed by atoms with Crippen LogP contribution in [-0.4, -0.2) is 16.1 Å². The van der Waals surface area contributed by atoms with Crippen LogP contribution in [0.5, 0.6) is 5.75 Å². The van der Waals surface area contributed by atoms with Gasteiger partial charge in [-0.25, -0.2) is 9.97 Å². The summed E-state index contributed by atoms with van der Waals surface area (Å²) in [6.45, 7) is 2.40. The summed E-state index contributed by atoms with van der Waals surface area (Å²) in [4.78, 5) is 11.0. The smallest absolute Gasteiger partial charge is 0.161 e. The molecule has 0 amide bonds. The van der Waals surface area contributed by atoms with Crippen LogP contribution in [0.4, 0.5) is 0 Å². The van der Waals surface area contributed by atoms with E-state index < -0.39 is 5.41 Å². The van der Waals surface area contributed by atoms with E-state index >= 15 is 0 Å². The first-order valence-corrected chi connectivity index (χ1v) is 20.7. The molecule has 58 heavy (non-hydrogen) atoms. The largest absolute Gasteiger partial charge is 0.485 e. The number of thiophene rings is 1. The van der Waals surface area contributed by atoms with E-state index in [4.69, 9.17) is 14.7 Å². The summed E-state index contributed by atoms with van der Waals surface area (Å²) in [7, 11) is 0. The fraction of sp³-hybridized carbons (Fsp3) is 0.113. The van der Waals surface area contributed by atoms with Crippen molar-refractivity contribution in [3.63, 3.8) is 0 Å². The van der Waals surface area contributed by atoms with Crippen molar-refractivity contribution < 1.29 is 4.74 Å². The van der Waals surface area contributed by atoms with Gasteiger partial charge in [0.1, 0.15) is 11.9 Å². The van der Waals surface area contributed by atoms with Crippen molar-refractivity contribution in [1.82, 2.24) is 9.97 Å². The van der Waals surface area contributed by atoms with Gasteiger partial charge >= 0.3 is 0 Å². The number of nitriles is 1. The van der Waals surface area contributed by atoms with Crippen molar-refractivity contribution in [2.24, 2.45) is 11.3 Å². The number of aromatic nitrogens is 2. The molecule has 4 unspecified atom stereocenters. The van der Waals surface area contributed by atoms with Gasteiger partial charge in [-0.3, -0.25) is 0 Å². The number of para-hydroxylation sites is 1. The van der Waals surface area contributed by atoms with Gasteiger partial charge in [-0.1, -0.05) is 140 Å². The Hall–Kier alpha value is -6.87. The molecule has 1 spiro atoms. The molecule has 1 aliphatic heterocycles. The van der Waals surface area contributed by atoms with Gasteiger partial charge in [-0.05, 0) is 75.5 Å². The van der Waals surface area contributed by atoms with Gasteiger partial charge in [-0.2, -0.15) is 5.26 Å². The van der Waals surface area contributed by atoms with E-state index in [1.54, 1.807) is 11.3 Å². The second-order valence-corrected chi connectivity index (χ2v) is 17.1. The van der Waals surface area contributed by atoms with Crippen LogP contribution in [0.15, 0.2) is 176 Å². The lowest BCUT2D eigenvalue weighted by molar-refractivity contribution is 0.0313. The Labute approximate surface area is 340 Å². The van der Waals surface area contributed by atoms with E-state index in [9.17, 15) is 5.26 Å². The maximum atomic E-state index is 9.44. The summed E-state index contributed by atoms with van der Waals surface area (Å²) in [6, 6.07) is 47.4. The van der Waals surface area contributed by atoms with E-state index in [1.807, 2.05) is 24.3 Å². The standard InChI is InChI=1S/C53H35N3OS/c1-52-29-11-10-20-47(52)57-45-18-8-7-17-43(45)53(52)42-16-6-4-14-38(42)39-26-25-34(30-44(39)53)48-50-49(41-15-5-9-19-46(41)58-50)56-51(55-48)40-28-27-35(36-12-2-3-13-37(36)40)33-23-21-32(31-54)22-24-33/h2-30,38,42,47H,1H3/t38?,42?,47-,52?,53?/m1/s1. The lowest BCUT2D eigenvalue weighted by atomic mass is 9.49. The van der Waals surface area contributed by atoms with Crippen molar-refractivity contribution in [2.75, 3.05) is 0 Å². The number of nitrogens with zero attached hydrogens (tertiary/aromatic N) is 3. The third-order valence-corrected chi connectivity index (χ3v) is 14.5. The highest BCUT2D eigenvalue weighted by molar-refractivity contribution is 7.26. The van der Waals surface area contributed by atoms with Gasteiger partial charge in [0.2, 0.25) is 0 Å². The highest BCUT2D eigenvalue weighted by atomic mass is 32.1. The maximum Gasteiger partial charge on any atom is 0.161 e. The maximum absolute atomic E-state index is 9.44. The minimum Gasteiger partial charge on any atom is -0.485 e. The van der Waals surface area contributed by atoms with Gasteiger partial charge in [0.15, 0.2) is 5.82 Å². The zero-order valence-electron chi connectivity index (χ0n) is 31.6. The zero-order chi connectivity index (χ0) is 38.6. The molecule has 4 nitrogen and oxygen atoms in total. The van der Waals surface area contributed by atoms with E-state index in [2.05, 4.69) is 165 Å². The van der Waals surface area contributed by atoms with Crippen molar-refractivity contribution >= 4 is 42.4 Å². The molecule has 2 aromatic heterocycles. The average Bonchev–Trinajstić information content (AvgIpc) is 3.80. The molecule has 8 aromatic rings. The number of hydrogen-bond acceptors (Lipinski definition) is 5. The van der Waals surface area contributed by atoms with Gasteiger partial charge in [-0.15, -0.1) is 11.3 Å². The molecule has 0 saturated carbocycles. The lowest BCUT2D eigenvalue weighted by Gasteiger charge is -2.56. The highest BCUT2D eigenvalue weighted by Crippen LogP contribution is 2.69. The van der Waals surface area contributed by atoms with Gasteiger partial charge in [0.25, 0.3) is 0 Å². The van der Waals surface area contributed by atoms with Crippen LogP contribution in [0.3, 0.4) is 0 Å². The summed E-state index contributed by atoms with van der Waals surface area (Å²) in [5.74, 6) is 2.08. The van der Waals surface area contributed by atoms with Crippen LogP contribution >= 0.6 is 11.3 Å². The van der Waals surface area contributed by atoms with Gasteiger partial charge in [0, 0.05) is 49.4 Å². The molecule has 4 aliphatic rings. The molecule has 0 bridgehead atoms. The van der Waals surface area contributed by atoms with E-state index in [0.717, 1.165) is 60.1 Å². The molecule has 0 fully saturated rings. The van der Waals surface area contributed by atoms with E-state index in [1.165, 1.54) is 21.4 Å². The number of rotatable bonds is 3. The number of fused-ring (bicyclic) bond motifs is 13. The summed E-state index contributed by atoms with van der Waals surface area (Å²) < 4.78 is 9.14. The Morgan fingerprint density at radius 1 is 0.672 bits per heavy atom. The average molecular weight is 762 g/mol. The summed E-state index contributed by atoms with van der Waals surface area (Å²) >= 11 is 1.77. The molecule has 0 saturated heterocycles. The number of allylic oxidation sites excluding steroid dienone is 6. The van der Waals surface area contributed by atoms with Crippen LogP contribution in [0.25, 0.3) is 64.8 Å². The molecule has 12 rings (SSSR count). The fourth-order valence-electron chi connectivity index (χ4n) is 10.7. The van der Waals surface area contributed by atoms with Crippen molar-refractivity contribution in [2.45, 2.75) is 24.4 Å². The van der Waals surface area contributed by atoms with Gasteiger partial charge < -0.3 is 4.74 Å². The Balaban J connectivity index is 1.12. The summed E-state index contributed by atoms with van der Waals surface area (Å²) in [5, 5.41) is 12.8. The van der Waals surface area contributed by atoms with Crippen molar-refractivity contribution in [1.29, 1.82) is 5.26 Å². The van der Waals surface area contributed by atoms with Crippen LogP contribution < -0.4 is 4.74 Å². The predicted octanol–water partition coefficient (Wildman–Crippen LogP) is 12.9. The monoisotopic (exact) mass is 761 g/mol. The first-order chi connectivity index (χ1) is 28.6. The highest BCUT2D eigenvalue weighted by Gasteiger charge is 2.66. The van der Waals surface area contributed by atoms with E-state index in [0.29, 0.717) is 11.4 Å². The van der Waals surface area contributed by atoms with Crippen LogP contribution in [0.2, 0.25) is 0 Å². The zero-order valence-corrected chi connectivity index (χ0v) is 32.4. The predicted molar refractivity (Wildman–Crippen MR) is 236 cm³/mol. The third kappa shape index (κ3) is 4.44. The summed E-state index contributed by atoms with van der Waals surface area (Å²) in [6.07, 6.45) is 18.2. The number of hydrogen-bond donors (Lipinski definition) is 0. The topological polar surface area (TPSA) is 58.8 Å². The van der Waals surface area contributed by atoms with Crippen LogP contribution in [0, 0.1) is 22.7 Å². The molecule has 3 aliphatic carbocycles. The molecule has 274 valence electrons. The normalized spacial score (nSPS) is 23.4. The fourth-order valence-corrected chi connectivity index (χ4v) is 11.9. The van der Waals surface area contributed by atoms with Crippen LogP contribution in [0.1, 0.15) is 35.1 Å². The molecule has 3 heterocycles. The SMILES string of the molecule is CC12C=CC=C[C@H]1Oc1ccccc1C21c2cc(-c3nc(-c4ccc(-c5ccc(C#N)cc5)c5ccccc45)nc4c3sc3ccccc34)ccc2C2C=CC=CC21. The molecular formula is C53H35N3OS. The Morgan fingerprint density at radius 2 is 1.40 bits per heavy atom. The Morgan fingerprint density at radius 3 is 2.26 bits per heavy atom. The first-order valence-electron chi connectivity index (χ1n) is 19.9. The number of ether oxygens (including phenoxy) is 1. The first kappa shape index (κ1) is 33.3. The molecule has 5 heteroatoms. The molecule has 6 aromatic carbocycles. The minimum absolute atomic E-state index is 0.123. The molecule has 5 atom stereocenters. The third-order valence-electron chi connectivity index (χ3n) is 13.3. The molecule has 0 radical (unpaired) electrons. The van der Waals surface area contributed by atoms with Crippen molar-refractivity contribution in [3.8, 4) is 45.6 Å². The second kappa shape index (κ2) is 12.3. The Bertz CT molecular complexity index is 3220. The molecular weight excluding hydrogens is 727 g/mol. The van der Waals surface area contributed by atoms with Crippen LogP contribution in [-0.2, 0) is 5.41 Å². The van der Waals surface area contributed by atoms with E-state index in [-0.39, 0.29) is 23.4 Å². The minimum atomic E-state index is -0.405. The van der Waals surface area contributed by atoms with Gasteiger partial charge in [0.05, 0.1) is 27.5 Å².